The van der Waals surface area contributed by atoms with Gasteiger partial charge in [0.05, 0.1) is 12.4 Å². The highest BCUT2D eigenvalue weighted by molar-refractivity contribution is 14.1. The van der Waals surface area contributed by atoms with Crippen LogP contribution < -0.4 is 11.5 Å². The number of anilines is 2. The summed E-state index contributed by atoms with van der Waals surface area (Å²) in [7, 11) is 0. The lowest BCUT2D eigenvalue weighted by Gasteiger charge is -1.88. The molecule has 4 rings (SSSR count). The maximum atomic E-state index is 5.39. The molecule has 0 radical (unpaired) electrons. The third-order valence-electron chi connectivity index (χ3n) is 2.72. The van der Waals surface area contributed by atoms with Gasteiger partial charge < -0.3 is 26.4 Å². The van der Waals surface area contributed by atoms with E-state index in [4.69, 9.17) is 23.7 Å². The molecule has 0 unspecified atom stereocenters. The summed E-state index contributed by atoms with van der Waals surface area (Å²) in [6.07, 6.45) is 5.16. The number of nitrogens with one attached hydrogen (secondary N) is 3. The molecule has 0 bridgehead atoms. The maximum absolute atomic E-state index is 5.39. The van der Waals surface area contributed by atoms with Gasteiger partial charge in [0.25, 0.3) is 0 Å². The van der Waals surface area contributed by atoms with Crippen LogP contribution in [-0.4, -0.2) is 51.1 Å². The van der Waals surface area contributed by atoms with Crippen LogP contribution in [0.25, 0.3) is 22.3 Å². The van der Waals surface area contributed by atoms with Crippen LogP contribution in [0.5, 0.6) is 0 Å². The number of fused-ring (bicyclic) bond motifs is 2. The molecule has 0 aromatic carbocycles. The van der Waals surface area contributed by atoms with Crippen LogP contribution in [0.1, 0.15) is 0 Å². The summed E-state index contributed by atoms with van der Waals surface area (Å²) in [5.41, 5.74) is 13.6. The molecular formula is C12H15IN10S2. The fourth-order valence-corrected chi connectivity index (χ4v) is 2.34. The van der Waals surface area contributed by atoms with Gasteiger partial charge in [0, 0.05) is 0 Å². The number of nitrogens with zero attached hydrogens (tertiary/aromatic N) is 5. The van der Waals surface area contributed by atoms with Crippen LogP contribution in [0.15, 0.2) is 17.6 Å². The summed E-state index contributed by atoms with van der Waals surface area (Å²) in [4.78, 5) is 30.4. The molecule has 0 aliphatic heterocycles. The van der Waals surface area contributed by atoms with Crippen LogP contribution in [0.2, 0.25) is 0 Å². The number of aromatic amines is 3. The lowest BCUT2D eigenvalue weighted by Crippen LogP contribution is -1.93. The van der Waals surface area contributed by atoms with E-state index in [-0.39, 0.29) is 11.9 Å². The topological polar surface area (TPSA) is 164 Å². The average molecular weight is 490 g/mol. The number of alkyl halides is 1. The van der Waals surface area contributed by atoms with Gasteiger partial charge in [-0.3, -0.25) is 0 Å². The molecule has 132 valence electrons. The third-order valence-corrected chi connectivity index (χ3v) is 3.50. The monoisotopic (exact) mass is 490 g/mol. The zero-order valence-corrected chi connectivity index (χ0v) is 17.0. The van der Waals surface area contributed by atoms with Gasteiger partial charge in [-0.2, -0.15) is 9.97 Å². The van der Waals surface area contributed by atoms with Crippen molar-refractivity contribution < 1.29 is 0 Å². The number of aromatic nitrogens is 8. The standard InChI is InChI=1S/C6H7N5S.C5H5N5S.CH3I/c1-12-6-9-3-2-8-5(7)10-4(3)11-6;6-4-7-1-2-3(9-4)10-5(11)8-2;1-2/h2H,1H3,(H3,7,8,9,10,11);1H,(H4,6,7,8,9,10,11);1H3. The normalized spacial score (nSPS) is 10.0. The lowest BCUT2D eigenvalue weighted by atomic mass is 10.6. The molecule has 0 aliphatic rings. The number of thioether (sulfide) groups is 1. The second kappa shape index (κ2) is 8.91. The van der Waals surface area contributed by atoms with Crippen LogP contribution in [0.3, 0.4) is 0 Å². The van der Waals surface area contributed by atoms with Gasteiger partial charge in [-0.1, -0.05) is 34.4 Å². The minimum atomic E-state index is 0.239. The predicted octanol–water partition coefficient (Wildman–Crippen LogP) is 2.31. The second-order valence-electron chi connectivity index (χ2n) is 4.28. The Labute approximate surface area is 165 Å². The van der Waals surface area contributed by atoms with Crippen molar-refractivity contribution in [3.63, 3.8) is 0 Å². The molecular weight excluding hydrogens is 475 g/mol. The zero-order valence-electron chi connectivity index (χ0n) is 13.2. The number of nitrogens with two attached hydrogens (primary N) is 2. The summed E-state index contributed by atoms with van der Waals surface area (Å²) < 4.78 is 0.528. The van der Waals surface area contributed by atoms with Gasteiger partial charge in [0.1, 0.15) is 11.0 Å². The van der Waals surface area contributed by atoms with Crippen molar-refractivity contribution in [1.29, 1.82) is 0 Å². The lowest BCUT2D eigenvalue weighted by molar-refractivity contribution is 1.08. The minimum Gasteiger partial charge on any atom is -0.368 e. The number of rotatable bonds is 1. The molecule has 4 heterocycles. The van der Waals surface area contributed by atoms with Crippen molar-refractivity contribution in [2.24, 2.45) is 0 Å². The van der Waals surface area contributed by atoms with E-state index in [0.29, 0.717) is 16.1 Å². The molecule has 10 nitrogen and oxygen atoms in total. The summed E-state index contributed by atoms with van der Waals surface area (Å²) in [5.74, 6) is 0.490. The first kappa shape index (κ1) is 19.3. The van der Waals surface area contributed by atoms with E-state index in [1.54, 1.807) is 12.4 Å². The Morgan fingerprint density at radius 3 is 2.28 bits per heavy atom. The first-order chi connectivity index (χ1) is 12.0. The Kier molecular flexibility index (Phi) is 6.89. The molecule has 7 N–H and O–H groups in total. The molecule has 0 spiro atoms. The minimum absolute atomic E-state index is 0.239. The molecule has 13 heteroatoms. The summed E-state index contributed by atoms with van der Waals surface area (Å²) >= 11 is 8.51. The van der Waals surface area contributed by atoms with Gasteiger partial charge in [0.15, 0.2) is 21.2 Å². The smallest absolute Gasteiger partial charge is 0.222 e. The SMILES string of the molecule is CI.CSc1nc2nc(N)ncc2[nH]1.Nc1ncc2[nH]c(=S)[nH]c2n1. The van der Waals surface area contributed by atoms with Crippen molar-refractivity contribution >= 4 is 80.8 Å². The number of nitrogen functional groups attached to an aromatic ring is 2. The molecule has 4 aromatic rings. The van der Waals surface area contributed by atoms with Gasteiger partial charge in [0.2, 0.25) is 11.9 Å². The fourth-order valence-electron chi connectivity index (χ4n) is 1.74. The number of halogens is 1. The Morgan fingerprint density at radius 2 is 1.60 bits per heavy atom. The quantitative estimate of drug-likeness (QED) is 0.117. The molecule has 0 fully saturated rings. The van der Waals surface area contributed by atoms with Crippen LogP contribution in [0, 0.1) is 4.77 Å². The first-order valence-corrected chi connectivity index (χ1v) is 10.4. The Morgan fingerprint density at radius 1 is 0.960 bits per heavy atom. The number of hydrogen-bond acceptors (Lipinski definition) is 9. The van der Waals surface area contributed by atoms with Crippen molar-refractivity contribution in [2.75, 3.05) is 22.7 Å². The highest BCUT2D eigenvalue weighted by atomic mass is 127. The van der Waals surface area contributed by atoms with E-state index in [9.17, 15) is 0 Å². The molecule has 0 saturated carbocycles. The summed E-state index contributed by atoms with van der Waals surface area (Å²) in [6, 6.07) is 0. The number of imidazole rings is 2. The number of hydrogen-bond donors (Lipinski definition) is 5. The Hall–Kier alpha value is -2.00. The molecule has 25 heavy (non-hydrogen) atoms. The predicted molar refractivity (Wildman–Crippen MR) is 111 cm³/mol. The molecule has 0 amide bonds. The van der Waals surface area contributed by atoms with Crippen LogP contribution in [0.4, 0.5) is 11.9 Å². The number of H-pyrrole nitrogens is 3. The molecule has 0 saturated heterocycles. The maximum Gasteiger partial charge on any atom is 0.222 e. The molecule has 0 atom stereocenters. The Bertz CT molecular complexity index is 1020. The van der Waals surface area contributed by atoms with Gasteiger partial charge in [-0.05, 0) is 23.4 Å². The second-order valence-corrected chi connectivity index (χ2v) is 5.48. The van der Waals surface area contributed by atoms with Crippen molar-refractivity contribution in [1.82, 2.24) is 39.9 Å². The molecule has 4 aromatic heterocycles. The highest BCUT2D eigenvalue weighted by Crippen LogP contribution is 2.14. The van der Waals surface area contributed by atoms with E-state index in [1.165, 1.54) is 11.8 Å². The van der Waals surface area contributed by atoms with E-state index in [2.05, 4.69) is 62.5 Å². The third kappa shape index (κ3) is 4.99. The van der Waals surface area contributed by atoms with Gasteiger partial charge in [-0.25, -0.2) is 15.0 Å². The largest absolute Gasteiger partial charge is 0.368 e. The van der Waals surface area contributed by atoms with E-state index in [0.717, 1.165) is 16.2 Å². The fraction of sp³-hybridized carbons (Fsp3) is 0.167. The van der Waals surface area contributed by atoms with E-state index < -0.39 is 0 Å². The highest BCUT2D eigenvalue weighted by Gasteiger charge is 2.02. The average Bonchev–Trinajstić information content (AvgIpc) is 3.18. The summed E-state index contributed by atoms with van der Waals surface area (Å²) in [6.45, 7) is 0. The Balaban J connectivity index is 0.000000165. The van der Waals surface area contributed by atoms with E-state index in [1.807, 2.05) is 11.2 Å². The van der Waals surface area contributed by atoms with Crippen molar-refractivity contribution in [2.45, 2.75) is 5.16 Å². The van der Waals surface area contributed by atoms with Crippen molar-refractivity contribution in [3.8, 4) is 0 Å². The van der Waals surface area contributed by atoms with Crippen LogP contribution >= 0.6 is 46.6 Å². The molecule has 0 aliphatic carbocycles. The first-order valence-electron chi connectivity index (χ1n) is 6.65. The zero-order chi connectivity index (χ0) is 18.4. The summed E-state index contributed by atoms with van der Waals surface area (Å²) in [5, 5.41) is 0.824. The van der Waals surface area contributed by atoms with Crippen molar-refractivity contribution in [3.05, 3.63) is 17.2 Å². The van der Waals surface area contributed by atoms with Crippen LogP contribution in [-0.2, 0) is 0 Å². The van der Waals surface area contributed by atoms with Gasteiger partial charge in [-0.15, -0.1) is 0 Å². The van der Waals surface area contributed by atoms with Gasteiger partial charge >= 0.3 is 0 Å². The van der Waals surface area contributed by atoms with E-state index >= 15 is 0 Å².